The molecule has 1 aromatic rings. The predicted molar refractivity (Wildman–Crippen MR) is 78.0 cm³/mol. The molecule has 1 aromatic carbocycles. The molecule has 1 unspecified atom stereocenters. The Labute approximate surface area is 120 Å². The van der Waals surface area contributed by atoms with Gasteiger partial charge in [-0.2, -0.15) is 0 Å². The predicted octanol–water partition coefficient (Wildman–Crippen LogP) is 1.48. The van der Waals surface area contributed by atoms with E-state index in [0.29, 0.717) is 12.5 Å². The maximum atomic E-state index is 12.2. The highest BCUT2D eigenvalue weighted by Gasteiger charge is 2.22. The monoisotopic (exact) mass is 284 g/mol. The Bertz CT molecular complexity index is 420. The van der Waals surface area contributed by atoms with Crippen LogP contribution in [0, 0.1) is 0 Å². The van der Waals surface area contributed by atoms with E-state index in [2.05, 4.69) is 5.32 Å². The number of halogens is 1. The highest BCUT2D eigenvalue weighted by molar-refractivity contribution is 5.85. The molecule has 0 saturated carbocycles. The number of nitrogens with one attached hydrogen (secondary N) is 1. The summed E-state index contributed by atoms with van der Waals surface area (Å²) < 4.78 is 5.16. The molecule has 2 rings (SSSR count). The van der Waals surface area contributed by atoms with Gasteiger partial charge in [-0.25, -0.2) is 0 Å². The van der Waals surface area contributed by atoms with Crippen molar-refractivity contribution < 1.29 is 9.53 Å². The molecule has 1 atom stereocenters. The molecule has 1 saturated heterocycles. The molecule has 1 N–H and O–H groups in total. The Morgan fingerprint density at radius 3 is 2.95 bits per heavy atom. The zero-order valence-corrected chi connectivity index (χ0v) is 12.2. The van der Waals surface area contributed by atoms with E-state index < -0.39 is 0 Å². The van der Waals surface area contributed by atoms with Crippen LogP contribution < -0.4 is 10.1 Å². The van der Waals surface area contributed by atoms with E-state index in [9.17, 15) is 4.79 Å². The highest BCUT2D eigenvalue weighted by Crippen LogP contribution is 2.15. The number of ether oxygens (including phenoxy) is 1. The fourth-order valence-corrected chi connectivity index (χ4v) is 2.26. The molecule has 0 radical (unpaired) electrons. The molecule has 0 bridgehead atoms. The molecule has 1 aliphatic rings. The molecule has 106 valence electrons. The van der Waals surface area contributed by atoms with Gasteiger partial charge in [0.15, 0.2) is 0 Å². The molecule has 19 heavy (non-hydrogen) atoms. The van der Waals surface area contributed by atoms with Gasteiger partial charge in [-0.3, -0.25) is 4.79 Å². The summed E-state index contributed by atoms with van der Waals surface area (Å²) in [7, 11) is 3.53. The summed E-state index contributed by atoms with van der Waals surface area (Å²) in [6.45, 7) is 1.90. The van der Waals surface area contributed by atoms with Gasteiger partial charge in [-0.1, -0.05) is 12.1 Å². The van der Waals surface area contributed by atoms with Crippen LogP contribution >= 0.6 is 12.4 Å². The number of nitrogens with zero attached hydrogens (tertiary/aromatic N) is 1. The van der Waals surface area contributed by atoms with Crippen LogP contribution in [0.4, 0.5) is 0 Å². The number of hydrogen-bond acceptors (Lipinski definition) is 3. The number of likely N-dealkylation sites (N-methyl/N-ethyl adjacent to an activating group) is 1. The van der Waals surface area contributed by atoms with E-state index in [1.807, 2.05) is 36.2 Å². The van der Waals surface area contributed by atoms with Crippen LogP contribution in [0.1, 0.15) is 12.0 Å². The second-order valence-electron chi connectivity index (χ2n) is 4.68. The third-order valence-electron chi connectivity index (χ3n) is 3.46. The van der Waals surface area contributed by atoms with Gasteiger partial charge >= 0.3 is 0 Å². The minimum atomic E-state index is 0. The lowest BCUT2D eigenvalue weighted by atomic mass is 10.1. The van der Waals surface area contributed by atoms with Gasteiger partial charge in [-0.05, 0) is 30.7 Å². The zero-order valence-electron chi connectivity index (χ0n) is 11.4. The van der Waals surface area contributed by atoms with Crippen molar-refractivity contribution in [3.63, 3.8) is 0 Å². The summed E-state index contributed by atoms with van der Waals surface area (Å²) in [5.41, 5.74) is 0.997. The Hall–Kier alpha value is -1.26. The number of methoxy groups -OCH3 is 1. The standard InChI is InChI=1S/C14H20N2O2.ClH/c1-16(12-6-7-15-10-12)14(17)9-11-4-3-5-13(8-11)18-2;/h3-5,8,12,15H,6-7,9-10H2,1-2H3;1H. The first-order chi connectivity index (χ1) is 8.70. The molecular weight excluding hydrogens is 264 g/mol. The molecule has 1 aliphatic heterocycles. The van der Waals surface area contributed by atoms with Gasteiger partial charge in [-0.15, -0.1) is 12.4 Å². The van der Waals surface area contributed by atoms with Gasteiger partial charge in [0.25, 0.3) is 0 Å². The van der Waals surface area contributed by atoms with Crippen LogP contribution in [0.2, 0.25) is 0 Å². The lowest BCUT2D eigenvalue weighted by Crippen LogP contribution is -2.39. The lowest BCUT2D eigenvalue weighted by Gasteiger charge is -2.23. The van der Waals surface area contributed by atoms with Gasteiger partial charge in [0.05, 0.1) is 13.5 Å². The second-order valence-corrected chi connectivity index (χ2v) is 4.68. The van der Waals surface area contributed by atoms with Crippen molar-refractivity contribution in [2.24, 2.45) is 0 Å². The molecule has 0 aromatic heterocycles. The summed E-state index contributed by atoms with van der Waals surface area (Å²) in [5, 5.41) is 3.28. The highest BCUT2D eigenvalue weighted by atomic mass is 35.5. The number of carbonyl (C=O) groups is 1. The zero-order chi connectivity index (χ0) is 13.0. The third-order valence-corrected chi connectivity index (χ3v) is 3.46. The van der Waals surface area contributed by atoms with Gasteiger partial charge in [0, 0.05) is 19.6 Å². The maximum Gasteiger partial charge on any atom is 0.227 e. The largest absolute Gasteiger partial charge is 0.497 e. The van der Waals surface area contributed by atoms with Crippen molar-refractivity contribution in [2.45, 2.75) is 18.9 Å². The quantitative estimate of drug-likeness (QED) is 0.911. The van der Waals surface area contributed by atoms with Crippen LogP contribution in [-0.2, 0) is 11.2 Å². The number of benzene rings is 1. The summed E-state index contributed by atoms with van der Waals surface area (Å²) in [4.78, 5) is 14.0. The van der Waals surface area contributed by atoms with Crippen molar-refractivity contribution in [3.05, 3.63) is 29.8 Å². The lowest BCUT2D eigenvalue weighted by molar-refractivity contribution is -0.130. The first kappa shape index (κ1) is 15.8. The third kappa shape index (κ3) is 4.11. The summed E-state index contributed by atoms with van der Waals surface area (Å²) in [5.74, 6) is 0.961. The number of carbonyl (C=O) groups excluding carboxylic acids is 1. The van der Waals surface area contributed by atoms with Crippen molar-refractivity contribution >= 4 is 18.3 Å². The SMILES string of the molecule is COc1cccc(CC(=O)N(C)C2CCNC2)c1.Cl. The van der Waals surface area contributed by atoms with Crippen LogP contribution in [-0.4, -0.2) is 44.1 Å². The number of rotatable bonds is 4. The minimum absolute atomic E-state index is 0. The Morgan fingerprint density at radius 1 is 1.53 bits per heavy atom. The average Bonchev–Trinajstić information content (AvgIpc) is 2.92. The van der Waals surface area contributed by atoms with Crippen LogP contribution in [0.25, 0.3) is 0 Å². The molecule has 5 heteroatoms. The average molecular weight is 285 g/mol. The van der Waals surface area contributed by atoms with Crippen LogP contribution in [0.5, 0.6) is 5.75 Å². The summed E-state index contributed by atoms with van der Waals surface area (Å²) in [6.07, 6.45) is 1.48. The fourth-order valence-electron chi connectivity index (χ4n) is 2.26. The van der Waals surface area contributed by atoms with Crippen LogP contribution in [0.3, 0.4) is 0 Å². The van der Waals surface area contributed by atoms with E-state index in [-0.39, 0.29) is 18.3 Å². The van der Waals surface area contributed by atoms with Crippen molar-refractivity contribution in [3.8, 4) is 5.75 Å². The van der Waals surface area contributed by atoms with Crippen molar-refractivity contribution in [1.29, 1.82) is 0 Å². The van der Waals surface area contributed by atoms with Gasteiger partial charge in [0.2, 0.25) is 5.91 Å². The van der Waals surface area contributed by atoms with E-state index in [4.69, 9.17) is 4.74 Å². The van der Waals surface area contributed by atoms with Gasteiger partial charge in [0.1, 0.15) is 5.75 Å². The van der Waals surface area contributed by atoms with E-state index in [1.165, 1.54) is 0 Å². The molecular formula is C14H21ClN2O2. The Morgan fingerprint density at radius 2 is 2.32 bits per heavy atom. The fraction of sp³-hybridized carbons (Fsp3) is 0.500. The molecule has 0 spiro atoms. The van der Waals surface area contributed by atoms with Gasteiger partial charge < -0.3 is 15.0 Å². The molecule has 1 heterocycles. The van der Waals surface area contributed by atoms with E-state index >= 15 is 0 Å². The molecule has 1 fully saturated rings. The normalized spacial score (nSPS) is 17.7. The maximum absolute atomic E-state index is 12.2. The van der Waals surface area contributed by atoms with Crippen molar-refractivity contribution in [2.75, 3.05) is 27.2 Å². The first-order valence-corrected chi connectivity index (χ1v) is 6.30. The smallest absolute Gasteiger partial charge is 0.227 e. The Balaban J connectivity index is 0.00000180. The van der Waals surface area contributed by atoms with E-state index in [0.717, 1.165) is 30.8 Å². The van der Waals surface area contributed by atoms with E-state index in [1.54, 1.807) is 7.11 Å². The summed E-state index contributed by atoms with van der Waals surface area (Å²) in [6, 6.07) is 8.01. The summed E-state index contributed by atoms with van der Waals surface area (Å²) >= 11 is 0. The molecule has 1 amide bonds. The first-order valence-electron chi connectivity index (χ1n) is 6.30. The van der Waals surface area contributed by atoms with Crippen LogP contribution in [0.15, 0.2) is 24.3 Å². The second kappa shape index (κ2) is 7.36. The minimum Gasteiger partial charge on any atom is -0.497 e. The number of hydrogen-bond donors (Lipinski definition) is 1. The van der Waals surface area contributed by atoms with Crippen molar-refractivity contribution in [1.82, 2.24) is 10.2 Å². The molecule has 4 nitrogen and oxygen atoms in total. The molecule has 0 aliphatic carbocycles. The Kier molecular flexibility index (Phi) is 6.12. The number of amides is 1. The topological polar surface area (TPSA) is 41.6 Å².